The summed E-state index contributed by atoms with van der Waals surface area (Å²) in [5.41, 5.74) is 5.06. The van der Waals surface area contributed by atoms with Crippen molar-refractivity contribution in [3.63, 3.8) is 0 Å². The monoisotopic (exact) mass is 336 g/mol. The third-order valence-corrected chi connectivity index (χ3v) is 4.87. The molecule has 1 aliphatic rings. The molecule has 0 spiro atoms. The number of rotatable bonds is 3. The van der Waals surface area contributed by atoms with Crippen LogP contribution in [0.25, 0.3) is 22.5 Å². The Morgan fingerprint density at radius 2 is 1.88 bits per heavy atom. The molecule has 120 valence electrons. The summed E-state index contributed by atoms with van der Waals surface area (Å²) in [7, 11) is 0. The minimum Gasteiger partial charge on any atom is -0.326 e. The second-order valence-corrected chi connectivity index (χ2v) is 6.65. The van der Waals surface area contributed by atoms with Crippen LogP contribution in [0.4, 0.5) is 5.69 Å². The minimum atomic E-state index is -0.0677. The second kappa shape index (κ2) is 6.13. The first-order valence-corrected chi connectivity index (χ1v) is 8.72. The van der Waals surface area contributed by atoms with Gasteiger partial charge in [0, 0.05) is 48.4 Å². The van der Waals surface area contributed by atoms with Crippen LogP contribution in [0.3, 0.4) is 0 Å². The van der Waals surface area contributed by atoms with Crippen LogP contribution in [-0.4, -0.2) is 26.2 Å². The number of amides is 1. The van der Waals surface area contributed by atoms with Crippen LogP contribution >= 0.6 is 11.8 Å². The van der Waals surface area contributed by atoms with Crippen LogP contribution in [0.15, 0.2) is 53.9 Å². The van der Waals surface area contributed by atoms with Gasteiger partial charge in [0.05, 0.1) is 11.4 Å². The van der Waals surface area contributed by atoms with E-state index < -0.39 is 0 Å². The number of thioether (sulfide) groups is 1. The van der Waals surface area contributed by atoms with Crippen molar-refractivity contribution in [2.24, 2.45) is 0 Å². The number of carbonyl (C=O) groups is 1. The fourth-order valence-corrected chi connectivity index (χ4v) is 3.85. The first-order valence-electron chi connectivity index (χ1n) is 7.74. The standard InChI is InChI=1S/C18H16N4OS/c1-12(23)20-15-4-2-14(3-5-15)17-16(13-6-8-19-9-7-13)21-18-22(17)10-11-24-18/h2-9H,10-11H2,1H3,(H,20,23). The van der Waals surface area contributed by atoms with Crippen molar-refractivity contribution in [3.8, 4) is 22.5 Å². The lowest BCUT2D eigenvalue weighted by molar-refractivity contribution is -0.114. The molecule has 0 fully saturated rings. The Labute approximate surface area is 144 Å². The van der Waals surface area contributed by atoms with E-state index >= 15 is 0 Å². The molecule has 3 heterocycles. The zero-order valence-corrected chi connectivity index (χ0v) is 14.0. The summed E-state index contributed by atoms with van der Waals surface area (Å²) >= 11 is 1.78. The highest BCUT2D eigenvalue weighted by atomic mass is 32.2. The number of hydrogen-bond donors (Lipinski definition) is 1. The van der Waals surface area contributed by atoms with Gasteiger partial charge in [-0.1, -0.05) is 23.9 Å². The van der Waals surface area contributed by atoms with Gasteiger partial charge in [-0.05, 0) is 24.3 Å². The van der Waals surface area contributed by atoms with Crippen molar-refractivity contribution in [1.82, 2.24) is 14.5 Å². The summed E-state index contributed by atoms with van der Waals surface area (Å²) in [6.45, 7) is 2.47. The average molecular weight is 336 g/mol. The topological polar surface area (TPSA) is 59.8 Å². The Morgan fingerprint density at radius 3 is 2.58 bits per heavy atom. The molecule has 0 bridgehead atoms. The van der Waals surface area contributed by atoms with E-state index in [-0.39, 0.29) is 5.91 Å². The van der Waals surface area contributed by atoms with Crippen LogP contribution in [-0.2, 0) is 11.3 Å². The summed E-state index contributed by atoms with van der Waals surface area (Å²) in [5.74, 6) is 0.984. The highest BCUT2D eigenvalue weighted by Gasteiger charge is 2.23. The molecule has 0 unspecified atom stereocenters. The number of carbonyl (C=O) groups excluding carboxylic acids is 1. The van der Waals surface area contributed by atoms with Gasteiger partial charge in [0.25, 0.3) is 0 Å². The number of imidazole rings is 1. The number of nitrogens with one attached hydrogen (secondary N) is 1. The van der Waals surface area contributed by atoms with Crippen molar-refractivity contribution in [3.05, 3.63) is 48.8 Å². The molecular formula is C18H16N4OS. The molecule has 0 aliphatic carbocycles. The largest absolute Gasteiger partial charge is 0.326 e. The van der Waals surface area contributed by atoms with E-state index in [4.69, 9.17) is 4.98 Å². The number of aromatic nitrogens is 3. The molecule has 3 aromatic rings. The summed E-state index contributed by atoms with van der Waals surface area (Å²) in [4.78, 5) is 20.1. The minimum absolute atomic E-state index is 0.0677. The van der Waals surface area contributed by atoms with Crippen molar-refractivity contribution in [2.75, 3.05) is 11.1 Å². The van der Waals surface area contributed by atoms with E-state index in [0.29, 0.717) is 0 Å². The summed E-state index contributed by atoms with van der Waals surface area (Å²) < 4.78 is 2.27. The molecule has 0 atom stereocenters. The molecule has 1 N–H and O–H groups in total. The molecule has 1 amide bonds. The highest BCUT2D eigenvalue weighted by molar-refractivity contribution is 7.99. The van der Waals surface area contributed by atoms with Gasteiger partial charge in [0.1, 0.15) is 0 Å². The van der Waals surface area contributed by atoms with Crippen molar-refractivity contribution in [2.45, 2.75) is 18.6 Å². The Hall–Kier alpha value is -2.60. The Bertz CT molecular complexity index is 887. The number of nitrogens with zero attached hydrogens (tertiary/aromatic N) is 3. The molecule has 6 heteroatoms. The first kappa shape index (κ1) is 15.0. The molecular weight excluding hydrogens is 320 g/mol. The van der Waals surface area contributed by atoms with Gasteiger partial charge in [0.2, 0.25) is 5.91 Å². The summed E-state index contributed by atoms with van der Waals surface area (Å²) in [5, 5.41) is 3.86. The van der Waals surface area contributed by atoms with Crippen LogP contribution in [0.2, 0.25) is 0 Å². The summed E-state index contributed by atoms with van der Waals surface area (Å²) in [6.07, 6.45) is 3.58. The molecule has 2 aromatic heterocycles. The van der Waals surface area contributed by atoms with Crippen molar-refractivity contribution in [1.29, 1.82) is 0 Å². The van der Waals surface area contributed by atoms with E-state index in [1.807, 2.05) is 36.4 Å². The lowest BCUT2D eigenvalue weighted by Gasteiger charge is -2.09. The zero-order valence-electron chi connectivity index (χ0n) is 13.2. The molecule has 1 aliphatic heterocycles. The molecule has 0 saturated heterocycles. The molecule has 24 heavy (non-hydrogen) atoms. The van der Waals surface area contributed by atoms with Gasteiger partial charge in [-0.3, -0.25) is 9.78 Å². The Kier molecular flexibility index (Phi) is 3.82. The number of pyridine rings is 1. The van der Waals surface area contributed by atoms with Gasteiger partial charge in [-0.25, -0.2) is 4.98 Å². The smallest absolute Gasteiger partial charge is 0.221 e. The third kappa shape index (κ3) is 2.69. The zero-order chi connectivity index (χ0) is 16.5. The maximum Gasteiger partial charge on any atom is 0.221 e. The van der Waals surface area contributed by atoms with Crippen LogP contribution in [0.5, 0.6) is 0 Å². The Morgan fingerprint density at radius 1 is 1.12 bits per heavy atom. The number of fused-ring (bicyclic) bond motifs is 1. The van der Waals surface area contributed by atoms with Crippen molar-refractivity contribution < 1.29 is 4.79 Å². The number of benzene rings is 1. The van der Waals surface area contributed by atoms with E-state index in [1.54, 1.807) is 24.2 Å². The number of anilines is 1. The molecule has 1 aromatic carbocycles. The molecule has 0 radical (unpaired) electrons. The molecule has 5 nitrogen and oxygen atoms in total. The van der Waals surface area contributed by atoms with Crippen LogP contribution in [0, 0.1) is 0 Å². The van der Waals surface area contributed by atoms with Crippen LogP contribution < -0.4 is 5.32 Å². The van der Waals surface area contributed by atoms with Gasteiger partial charge in [0.15, 0.2) is 5.16 Å². The highest BCUT2D eigenvalue weighted by Crippen LogP contribution is 2.39. The van der Waals surface area contributed by atoms with Gasteiger partial charge in [-0.15, -0.1) is 0 Å². The fourth-order valence-electron chi connectivity index (χ4n) is 2.90. The SMILES string of the molecule is CC(=O)Nc1ccc(-c2c(-c3ccncc3)nc3n2CCS3)cc1. The molecule has 4 rings (SSSR count). The second-order valence-electron chi connectivity index (χ2n) is 5.59. The first-order chi connectivity index (χ1) is 11.7. The lowest BCUT2D eigenvalue weighted by Crippen LogP contribution is -2.05. The van der Waals surface area contributed by atoms with Crippen molar-refractivity contribution >= 4 is 23.4 Å². The molecule has 0 saturated carbocycles. The maximum absolute atomic E-state index is 11.2. The predicted molar refractivity (Wildman–Crippen MR) is 95.9 cm³/mol. The van der Waals surface area contributed by atoms with E-state index in [2.05, 4.69) is 14.9 Å². The fraction of sp³-hybridized carbons (Fsp3) is 0.167. The average Bonchev–Trinajstić information content (AvgIpc) is 3.17. The summed E-state index contributed by atoms with van der Waals surface area (Å²) in [6, 6.07) is 11.9. The van der Waals surface area contributed by atoms with E-state index in [0.717, 1.165) is 45.7 Å². The Balaban J connectivity index is 1.81. The quantitative estimate of drug-likeness (QED) is 0.793. The maximum atomic E-state index is 11.2. The third-order valence-electron chi connectivity index (χ3n) is 3.91. The van der Waals surface area contributed by atoms with Gasteiger partial charge < -0.3 is 9.88 Å². The number of hydrogen-bond acceptors (Lipinski definition) is 4. The lowest BCUT2D eigenvalue weighted by atomic mass is 10.1. The van der Waals surface area contributed by atoms with Gasteiger partial charge >= 0.3 is 0 Å². The predicted octanol–water partition coefficient (Wildman–Crippen LogP) is 3.68. The normalized spacial score (nSPS) is 12.9. The van der Waals surface area contributed by atoms with E-state index in [1.165, 1.54) is 6.92 Å². The van der Waals surface area contributed by atoms with Gasteiger partial charge in [-0.2, -0.15) is 0 Å². The van der Waals surface area contributed by atoms with Crippen LogP contribution in [0.1, 0.15) is 6.92 Å². The van der Waals surface area contributed by atoms with E-state index in [9.17, 15) is 4.79 Å².